The first-order valence-electron chi connectivity index (χ1n) is 10.9. The van der Waals surface area contributed by atoms with E-state index in [-0.39, 0.29) is 13.1 Å². The molecule has 0 amide bonds. The third-order valence-electron chi connectivity index (χ3n) is 5.44. The molecule has 0 N–H and O–H groups in total. The van der Waals surface area contributed by atoms with Gasteiger partial charge in [-0.1, -0.05) is 36.7 Å². The monoisotopic (exact) mass is 438 g/mol. The summed E-state index contributed by atoms with van der Waals surface area (Å²) < 4.78 is 3.54. The highest BCUT2D eigenvalue weighted by atomic mass is 16.3. The van der Waals surface area contributed by atoms with Crippen LogP contribution in [0.4, 0.5) is 0 Å². The lowest BCUT2D eigenvalue weighted by molar-refractivity contribution is 0.455. The second kappa shape index (κ2) is 10.7. The fourth-order valence-electron chi connectivity index (χ4n) is 3.73. The van der Waals surface area contributed by atoms with E-state index in [0.29, 0.717) is 6.04 Å². The Morgan fingerprint density at radius 2 is 1.69 bits per heavy atom. The van der Waals surface area contributed by atoms with Crippen molar-refractivity contribution in [2.75, 3.05) is 20.1 Å². The van der Waals surface area contributed by atoms with Crippen LogP contribution in [0.5, 0.6) is 0 Å². The molecule has 0 saturated carbocycles. The van der Waals surface area contributed by atoms with Crippen molar-refractivity contribution >= 4 is 11.4 Å². The summed E-state index contributed by atoms with van der Waals surface area (Å²) in [4.78, 5) is 28.4. The van der Waals surface area contributed by atoms with Crippen molar-refractivity contribution in [1.82, 2.24) is 24.5 Å². The Morgan fingerprint density at radius 3 is 2.34 bits per heavy atom. The largest absolute Gasteiger partial charge is 0.347 e. The molecule has 0 radical (unpaired) electrons. The van der Waals surface area contributed by atoms with E-state index in [2.05, 4.69) is 47.4 Å². The van der Waals surface area contributed by atoms with E-state index in [0.717, 1.165) is 47.5 Å². The van der Waals surface area contributed by atoms with E-state index in [1.54, 1.807) is 17.1 Å². The van der Waals surface area contributed by atoms with Gasteiger partial charge in [-0.25, -0.2) is 4.99 Å². The lowest BCUT2D eigenvalue weighted by atomic mass is 10.1. The Kier molecular flexibility index (Phi) is 7.80. The molecule has 0 bridgehead atoms. The van der Waals surface area contributed by atoms with Crippen LogP contribution < -0.4 is 0 Å². The molecule has 3 rings (SSSR count). The quantitative estimate of drug-likeness (QED) is 0.478. The van der Waals surface area contributed by atoms with Crippen LogP contribution in [0.3, 0.4) is 0 Å². The number of hydrogen-bond donors (Lipinski definition) is 0. The SMILES string of the molecule is CC/C=C1/C(c2cnn([C@H](C)CCC)c2)=NC(c2cnn(C(CN=O)CN=O)c2)=CN1C. The van der Waals surface area contributed by atoms with Gasteiger partial charge in [-0.2, -0.15) is 20.0 Å². The molecule has 10 nitrogen and oxygen atoms in total. The maximum Gasteiger partial charge on any atom is 0.105 e. The van der Waals surface area contributed by atoms with E-state index in [4.69, 9.17) is 4.99 Å². The minimum Gasteiger partial charge on any atom is -0.347 e. The summed E-state index contributed by atoms with van der Waals surface area (Å²) in [7, 11) is 1.99. The standard InChI is InChI=1S/C22H30N8O2/c1-5-7-16(3)29-14-18(10-23-29)22-21(8-6-2)28(4)15-20(27-22)17-9-24-30(13-17)19(11-25-31)12-26-32/h8-10,13-16,19H,5-7,11-12H2,1-4H3/b21-8-/t16-/m1/s1. The lowest BCUT2D eigenvalue weighted by Gasteiger charge is -2.25. The fraction of sp³-hybridized carbons (Fsp3) is 0.500. The van der Waals surface area contributed by atoms with Crippen LogP contribution in [0.25, 0.3) is 5.70 Å². The second-order valence-corrected chi connectivity index (χ2v) is 7.92. The molecule has 1 atom stereocenters. The molecular weight excluding hydrogens is 408 g/mol. The second-order valence-electron chi connectivity index (χ2n) is 7.92. The molecule has 170 valence electrons. The van der Waals surface area contributed by atoms with E-state index in [1.165, 1.54) is 0 Å². The first-order chi connectivity index (χ1) is 15.5. The Bertz CT molecular complexity index is 1020. The number of aliphatic imine (C=N–C) groups is 1. The first-order valence-corrected chi connectivity index (χ1v) is 10.9. The predicted molar refractivity (Wildman–Crippen MR) is 125 cm³/mol. The summed E-state index contributed by atoms with van der Waals surface area (Å²) >= 11 is 0. The van der Waals surface area contributed by atoms with Crippen LogP contribution in [0, 0.1) is 9.81 Å². The smallest absolute Gasteiger partial charge is 0.105 e. The van der Waals surface area contributed by atoms with Crippen LogP contribution >= 0.6 is 0 Å². The van der Waals surface area contributed by atoms with Crippen LogP contribution in [0.15, 0.2) is 58.1 Å². The van der Waals surface area contributed by atoms with Gasteiger partial charge in [-0.15, -0.1) is 0 Å². The van der Waals surface area contributed by atoms with E-state index >= 15 is 0 Å². The van der Waals surface area contributed by atoms with Gasteiger partial charge in [0.1, 0.15) is 13.1 Å². The van der Waals surface area contributed by atoms with Gasteiger partial charge >= 0.3 is 0 Å². The molecule has 0 aromatic carbocycles. The number of hydrogen-bond acceptors (Lipinski definition) is 8. The van der Waals surface area contributed by atoms with Crippen molar-refractivity contribution in [2.45, 2.75) is 52.1 Å². The van der Waals surface area contributed by atoms with Gasteiger partial charge in [-0.3, -0.25) is 9.36 Å². The average molecular weight is 439 g/mol. The fourth-order valence-corrected chi connectivity index (χ4v) is 3.73. The van der Waals surface area contributed by atoms with Crippen molar-refractivity contribution in [3.05, 3.63) is 63.7 Å². The minimum absolute atomic E-state index is 0.0706. The lowest BCUT2D eigenvalue weighted by Crippen LogP contribution is -2.23. The van der Waals surface area contributed by atoms with Crippen LogP contribution in [0.2, 0.25) is 0 Å². The predicted octanol–water partition coefficient (Wildman–Crippen LogP) is 4.54. The summed E-state index contributed by atoms with van der Waals surface area (Å²) in [6, 6.07) is -0.185. The van der Waals surface area contributed by atoms with Crippen LogP contribution in [-0.2, 0) is 0 Å². The number of aromatic nitrogens is 4. The summed E-state index contributed by atoms with van der Waals surface area (Å²) in [6.07, 6.45) is 14.5. The normalized spacial score (nSPS) is 16.3. The highest BCUT2D eigenvalue weighted by molar-refractivity contribution is 6.15. The minimum atomic E-state index is -0.502. The van der Waals surface area contributed by atoms with Gasteiger partial charge < -0.3 is 4.90 Å². The molecule has 1 aliphatic rings. The summed E-state index contributed by atoms with van der Waals surface area (Å²) in [5, 5.41) is 14.7. The third-order valence-corrected chi connectivity index (χ3v) is 5.44. The maximum absolute atomic E-state index is 10.7. The molecule has 0 fully saturated rings. The van der Waals surface area contributed by atoms with E-state index < -0.39 is 6.04 Å². The number of rotatable bonds is 11. The average Bonchev–Trinajstić information content (AvgIpc) is 3.45. The van der Waals surface area contributed by atoms with E-state index in [1.807, 2.05) is 35.2 Å². The highest BCUT2D eigenvalue weighted by Gasteiger charge is 2.23. The maximum atomic E-state index is 10.7. The summed E-state index contributed by atoms with van der Waals surface area (Å²) in [6.45, 7) is 6.28. The number of nitrogens with zero attached hydrogens (tertiary/aromatic N) is 8. The van der Waals surface area contributed by atoms with Gasteiger partial charge in [0.05, 0.1) is 35.5 Å². The Labute approximate surface area is 187 Å². The van der Waals surface area contributed by atoms with Crippen LogP contribution in [0.1, 0.15) is 63.2 Å². The van der Waals surface area contributed by atoms with Crippen molar-refractivity contribution in [2.24, 2.45) is 15.3 Å². The van der Waals surface area contributed by atoms with Crippen molar-refractivity contribution in [3.8, 4) is 0 Å². The van der Waals surface area contributed by atoms with E-state index in [9.17, 15) is 9.81 Å². The molecule has 10 heteroatoms. The zero-order chi connectivity index (χ0) is 23.1. The summed E-state index contributed by atoms with van der Waals surface area (Å²) in [5.41, 5.74) is 4.31. The molecule has 0 spiro atoms. The highest BCUT2D eigenvalue weighted by Crippen LogP contribution is 2.28. The molecule has 2 aromatic rings. The Hall–Kier alpha value is -3.43. The van der Waals surface area contributed by atoms with Crippen LogP contribution in [-0.4, -0.2) is 50.3 Å². The Balaban J connectivity index is 1.97. The van der Waals surface area contributed by atoms with Crippen molar-refractivity contribution in [3.63, 3.8) is 0 Å². The van der Waals surface area contributed by atoms with Gasteiger partial charge in [0.15, 0.2) is 0 Å². The van der Waals surface area contributed by atoms with Gasteiger partial charge in [0.25, 0.3) is 0 Å². The molecular formula is C22H30N8O2. The zero-order valence-corrected chi connectivity index (χ0v) is 19.0. The first kappa shape index (κ1) is 23.2. The van der Waals surface area contributed by atoms with Crippen molar-refractivity contribution < 1.29 is 0 Å². The topological polar surface area (TPSA) is 110 Å². The summed E-state index contributed by atoms with van der Waals surface area (Å²) in [5.74, 6) is 0. The van der Waals surface area contributed by atoms with Gasteiger partial charge in [-0.05, 0) is 19.8 Å². The Morgan fingerprint density at radius 1 is 1.03 bits per heavy atom. The molecule has 32 heavy (non-hydrogen) atoms. The van der Waals surface area contributed by atoms with Gasteiger partial charge in [0, 0.05) is 42.8 Å². The zero-order valence-electron chi connectivity index (χ0n) is 19.0. The van der Waals surface area contributed by atoms with Crippen molar-refractivity contribution in [1.29, 1.82) is 0 Å². The molecule has 3 heterocycles. The third kappa shape index (κ3) is 5.06. The van der Waals surface area contributed by atoms with Gasteiger partial charge in [0.2, 0.25) is 0 Å². The molecule has 1 aliphatic heterocycles. The number of nitroso groups, excluding NO2 is 2. The molecule has 0 aliphatic carbocycles. The molecule has 2 aromatic heterocycles. The molecule has 0 saturated heterocycles. The number of allylic oxidation sites excluding steroid dienone is 2. The molecule has 0 unspecified atom stereocenters. The number of likely N-dealkylation sites (N-methyl/N-ethyl adjacent to an activating group) is 1.